The average molecular weight is 405 g/mol. The van der Waals surface area contributed by atoms with Crippen LogP contribution in [0.5, 0.6) is 0 Å². The minimum absolute atomic E-state index is 0.0547. The van der Waals surface area contributed by atoms with E-state index in [9.17, 15) is 9.59 Å². The summed E-state index contributed by atoms with van der Waals surface area (Å²) in [6.07, 6.45) is 3.01. The van der Waals surface area contributed by atoms with Crippen molar-refractivity contribution >= 4 is 23.6 Å². The van der Waals surface area contributed by atoms with Gasteiger partial charge in [-0.1, -0.05) is 50.1 Å². The number of hydrogen-bond acceptors (Lipinski definition) is 4. The highest BCUT2D eigenvalue weighted by molar-refractivity contribution is 6.31. The summed E-state index contributed by atoms with van der Waals surface area (Å²) in [5, 5.41) is 3.42. The van der Waals surface area contributed by atoms with Crippen molar-refractivity contribution in [3.8, 4) is 0 Å². The lowest BCUT2D eigenvalue weighted by molar-refractivity contribution is -0.144. The quantitative estimate of drug-likeness (QED) is 0.748. The molecule has 3 rings (SSSR count). The summed E-state index contributed by atoms with van der Waals surface area (Å²) in [5.74, 6) is -0.504. The lowest BCUT2D eigenvalue weighted by Crippen LogP contribution is -2.53. The van der Waals surface area contributed by atoms with E-state index in [0.29, 0.717) is 18.0 Å². The number of amides is 2. The van der Waals surface area contributed by atoms with Crippen LogP contribution >= 0.6 is 11.6 Å². The van der Waals surface area contributed by atoms with E-state index in [0.717, 1.165) is 23.4 Å². The molecule has 2 N–H and O–H groups in total. The second kappa shape index (κ2) is 8.65. The molecule has 8 heteroatoms. The van der Waals surface area contributed by atoms with Gasteiger partial charge >= 0.3 is 12.0 Å². The summed E-state index contributed by atoms with van der Waals surface area (Å²) in [4.78, 5) is 34.7. The number of imidazole rings is 1. The Morgan fingerprint density at radius 2 is 2.18 bits per heavy atom. The third-order valence-corrected chi connectivity index (χ3v) is 5.68. The number of benzene rings is 1. The van der Waals surface area contributed by atoms with Crippen molar-refractivity contribution in [2.45, 2.75) is 38.8 Å². The van der Waals surface area contributed by atoms with Crippen LogP contribution < -0.4 is 5.32 Å². The van der Waals surface area contributed by atoms with Crippen molar-refractivity contribution in [1.29, 1.82) is 0 Å². The fourth-order valence-corrected chi connectivity index (χ4v) is 3.76. The van der Waals surface area contributed by atoms with Gasteiger partial charge in [-0.05, 0) is 17.5 Å². The van der Waals surface area contributed by atoms with Crippen molar-refractivity contribution in [3.05, 3.63) is 52.6 Å². The molecule has 28 heavy (non-hydrogen) atoms. The average Bonchev–Trinajstić information content (AvgIpc) is 3.19. The number of urea groups is 1. The van der Waals surface area contributed by atoms with E-state index in [1.54, 1.807) is 17.3 Å². The van der Waals surface area contributed by atoms with Crippen molar-refractivity contribution < 1.29 is 14.3 Å². The molecule has 3 atom stereocenters. The number of aromatic nitrogens is 2. The van der Waals surface area contributed by atoms with Gasteiger partial charge in [0, 0.05) is 23.7 Å². The maximum absolute atomic E-state index is 13.2. The van der Waals surface area contributed by atoms with Gasteiger partial charge in [0.25, 0.3) is 0 Å². The van der Waals surface area contributed by atoms with Gasteiger partial charge in [0.2, 0.25) is 0 Å². The molecule has 1 unspecified atom stereocenters. The van der Waals surface area contributed by atoms with Crippen LogP contribution in [0.15, 0.2) is 30.6 Å². The van der Waals surface area contributed by atoms with Gasteiger partial charge < -0.3 is 19.9 Å². The van der Waals surface area contributed by atoms with E-state index in [-0.39, 0.29) is 11.9 Å². The zero-order valence-corrected chi connectivity index (χ0v) is 17.0. The van der Waals surface area contributed by atoms with Crippen LogP contribution in [0, 0.1) is 5.92 Å². The molecule has 150 valence electrons. The largest absolute Gasteiger partial charge is 0.467 e. The van der Waals surface area contributed by atoms with Crippen LogP contribution in [0.2, 0.25) is 5.02 Å². The van der Waals surface area contributed by atoms with Gasteiger partial charge in [0.1, 0.15) is 12.1 Å². The first-order valence-corrected chi connectivity index (χ1v) is 9.77. The molecule has 0 saturated heterocycles. The Balaban J connectivity index is 1.94. The van der Waals surface area contributed by atoms with Gasteiger partial charge in [0.15, 0.2) is 0 Å². The molecule has 2 amide bonds. The molecule has 7 nitrogen and oxygen atoms in total. The number of halogens is 1. The van der Waals surface area contributed by atoms with Crippen LogP contribution in [0.25, 0.3) is 0 Å². The van der Waals surface area contributed by atoms with Crippen molar-refractivity contribution in [2.24, 2.45) is 5.92 Å². The first-order chi connectivity index (χ1) is 13.5. The molecular formula is C20H25ClN4O3. The molecule has 1 aliphatic rings. The summed E-state index contributed by atoms with van der Waals surface area (Å²) in [7, 11) is 1.33. The molecule has 1 aromatic carbocycles. The molecule has 2 heterocycles. The minimum atomic E-state index is -0.713. The number of methoxy groups -OCH3 is 1. The number of fused-ring (bicyclic) bond motifs is 1. The molecule has 0 radical (unpaired) electrons. The fourth-order valence-electron chi connectivity index (χ4n) is 3.52. The first-order valence-electron chi connectivity index (χ1n) is 9.39. The number of H-pyrrole nitrogens is 1. The third-order valence-electron chi connectivity index (χ3n) is 5.33. The van der Waals surface area contributed by atoms with E-state index in [1.165, 1.54) is 7.11 Å². The van der Waals surface area contributed by atoms with Gasteiger partial charge in [-0.15, -0.1) is 0 Å². The Labute approximate surface area is 169 Å². The molecule has 0 spiro atoms. The van der Waals surface area contributed by atoms with Gasteiger partial charge in [-0.25, -0.2) is 14.6 Å². The van der Waals surface area contributed by atoms with Crippen molar-refractivity contribution in [2.75, 3.05) is 13.7 Å². The van der Waals surface area contributed by atoms with Crippen molar-refractivity contribution in [1.82, 2.24) is 20.2 Å². The highest BCUT2D eigenvalue weighted by atomic mass is 35.5. The van der Waals surface area contributed by atoms with E-state index in [4.69, 9.17) is 16.3 Å². The van der Waals surface area contributed by atoms with Crippen LogP contribution in [-0.2, 0) is 16.0 Å². The fraction of sp³-hybridized carbons (Fsp3) is 0.450. The van der Waals surface area contributed by atoms with Crippen LogP contribution in [-0.4, -0.2) is 46.6 Å². The standard InChI is InChI=1S/C20H25ClN4O3/c1-4-12(2)16(19(26)28-3)24-20(27)25-10-9-15-17(23-11-22-15)18(25)13-7-5-6-8-14(13)21/h5-8,11-12,16,18H,4,9-10H2,1-3H3,(H,22,23)(H,24,27)/t12-,16+,18?/m1/s1. The Bertz CT molecular complexity index is 853. The molecule has 1 aromatic heterocycles. The summed E-state index contributed by atoms with van der Waals surface area (Å²) in [6, 6.07) is 5.94. The zero-order chi connectivity index (χ0) is 20.3. The molecule has 1 aliphatic heterocycles. The molecule has 0 saturated carbocycles. The predicted octanol–water partition coefficient (Wildman–Crippen LogP) is 3.31. The summed E-state index contributed by atoms with van der Waals surface area (Å²) in [5.41, 5.74) is 2.55. The van der Waals surface area contributed by atoms with Crippen LogP contribution in [0.4, 0.5) is 4.79 Å². The van der Waals surface area contributed by atoms with E-state index in [1.807, 2.05) is 32.0 Å². The number of nitrogens with one attached hydrogen (secondary N) is 2. The second-order valence-corrected chi connectivity index (χ2v) is 7.38. The maximum atomic E-state index is 13.2. The molecule has 0 aliphatic carbocycles. The highest BCUT2D eigenvalue weighted by Gasteiger charge is 2.37. The number of rotatable bonds is 5. The molecule has 2 aromatic rings. The number of carbonyl (C=O) groups excluding carboxylic acids is 2. The van der Waals surface area contributed by atoms with E-state index in [2.05, 4.69) is 15.3 Å². The second-order valence-electron chi connectivity index (χ2n) is 6.97. The van der Waals surface area contributed by atoms with E-state index >= 15 is 0 Å². The van der Waals surface area contributed by atoms with Crippen molar-refractivity contribution in [3.63, 3.8) is 0 Å². The SMILES string of the molecule is CC[C@@H](C)[C@H](NC(=O)N1CCc2[nH]cnc2C1c1ccccc1Cl)C(=O)OC. The lowest BCUT2D eigenvalue weighted by Gasteiger charge is -2.36. The first kappa shape index (κ1) is 20.2. The Morgan fingerprint density at radius 1 is 1.43 bits per heavy atom. The number of aromatic amines is 1. The molecular weight excluding hydrogens is 380 g/mol. The zero-order valence-electron chi connectivity index (χ0n) is 16.2. The topological polar surface area (TPSA) is 87.3 Å². The molecule has 0 fully saturated rings. The molecule has 0 bridgehead atoms. The number of ether oxygens (including phenoxy) is 1. The maximum Gasteiger partial charge on any atom is 0.328 e. The third kappa shape index (κ3) is 3.85. The summed E-state index contributed by atoms with van der Waals surface area (Å²) >= 11 is 6.44. The van der Waals surface area contributed by atoms with Crippen LogP contribution in [0.1, 0.15) is 43.3 Å². The summed E-state index contributed by atoms with van der Waals surface area (Å²) in [6.45, 7) is 4.36. The van der Waals surface area contributed by atoms with Gasteiger partial charge in [-0.3, -0.25) is 0 Å². The number of nitrogens with zero attached hydrogens (tertiary/aromatic N) is 2. The predicted molar refractivity (Wildman–Crippen MR) is 106 cm³/mol. The smallest absolute Gasteiger partial charge is 0.328 e. The highest BCUT2D eigenvalue weighted by Crippen LogP contribution is 2.36. The summed E-state index contributed by atoms with van der Waals surface area (Å²) < 4.78 is 4.89. The van der Waals surface area contributed by atoms with Gasteiger partial charge in [-0.2, -0.15) is 0 Å². The minimum Gasteiger partial charge on any atom is -0.467 e. The Morgan fingerprint density at radius 3 is 2.86 bits per heavy atom. The normalized spacial score (nSPS) is 18.1. The van der Waals surface area contributed by atoms with Gasteiger partial charge in [0.05, 0.1) is 19.1 Å². The monoisotopic (exact) mass is 404 g/mol. The number of carbonyl (C=O) groups is 2. The van der Waals surface area contributed by atoms with E-state index < -0.39 is 18.1 Å². The van der Waals surface area contributed by atoms with Crippen LogP contribution in [0.3, 0.4) is 0 Å². The lowest BCUT2D eigenvalue weighted by atomic mass is 9.95. The Hall–Kier alpha value is -2.54. The number of hydrogen-bond donors (Lipinski definition) is 2. The number of esters is 1. The Kier molecular flexibility index (Phi) is 6.24.